The molecule has 1 unspecified atom stereocenters. The van der Waals surface area contributed by atoms with Crippen LogP contribution in [0.4, 0.5) is 0 Å². The van der Waals surface area contributed by atoms with Crippen molar-refractivity contribution in [3.8, 4) is 0 Å². The van der Waals surface area contributed by atoms with E-state index >= 15 is 0 Å². The van der Waals surface area contributed by atoms with Crippen LogP contribution in [0, 0.1) is 0 Å². The molecule has 1 atom stereocenters. The number of aliphatic imine (C=N–C) groups is 1. The molecule has 0 radical (unpaired) electrons. The van der Waals surface area contributed by atoms with Crippen LogP contribution in [0.1, 0.15) is 25.3 Å². The number of benzene rings is 1. The predicted molar refractivity (Wildman–Crippen MR) is 121 cm³/mol. The minimum atomic E-state index is -3.52. The van der Waals surface area contributed by atoms with Crippen LogP contribution in [0.2, 0.25) is 0 Å². The topological polar surface area (TPSA) is 94.1 Å². The van der Waals surface area contributed by atoms with Crippen LogP contribution >= 0.6 is 24.0 Å². The predicted octanol–water partition coefficient (Wildman–Crippen LogP) is 1.23. The number of guanidine groups is 1. The lowest BCUT2D eigenvalue weighted by Crippen LogP contribution is -2.44. The fraction of sp³-hybridized carbons (Fsp3) is 0.556. The third-order valence-electron chi connectivity index (χ3n) is 4.59. The average molecular weight is 523 g/mol. The van der Waals surface area contributed by atoms with Gasteiger partial charge in [0.25, 0.3) is 0 Å². The second kappa shape index (κ2) is 11.0. The molecule has 1 aromatic rings. The summed E-state index contributed by atoms with van der Waals surface area (Å²) in [4.78, 5) is 18.1. The second-order valence-electron chi connectivity index (χ2n) is 6.64. The Hall–Kier alpha value is -1.40. The van der Waals surface area contributed by atoms with E-state index in [-0.39, 0.29) is 40.8 Å². The van der Waals surface area contributed by atoms with Crippen molar-refractivity contribution < 1.29 is 13.2 Å². The number of likely N-dealkylation sites (tertiary alicyclic amines) is 1. The largest absolute Gasteiger partial charge is 0.352 e. The van der Waals surface area contributed by atoms with Gasteiger partial charge in [0.1, 0.15) is 0 Å². The Balaban J connectivity index is 0.00000392. The van der Waals surface area contributed by atoms with Crippen LogP contribution in [0.3, 0.4) is 0 Å². The van der Waals surface area contributed by atoms with Crippen LogP contribution in [0.5, 0.6) is 0 Å². The summed E-state index contributed by atoms with van der Waals surface area (Å²) >= 11 is 0. The standard InChI is InChI=1S/C18H29N5O3S.HI/c1-5-17(24)23-11-10-15(13-23)21-18(19-2)20-12-14-8-6-7-9-16(14)27(25,26)22(3)4;/h6-9,15H,5,10-13H2,1-4H3,(H2,19,20,21);1H. The van der Waals surface area contributed by atoms with Crippen LogP contribution in [0.15, 0.2) is 34.2 Å². The molecule has 1 amide bonds. The van der Waals surface area contributed by atoms with E-state index in [0.717, 1.165) is 13.0 Å². The third kappa shape index (κ3) is 6.05. The molecule has 28 heavy (non-hydrogen) atoms. The number of hydrogen-bond donors (Lipinski definition) is 2. The number of rotatable bonds is 6. The lowest BCUT2D eigenvalue weighted by molar-refractivity contribution is -0.129. The minimum Gasteiger partial charge on any atom is -0.352 e. The maximum absolute atomic E-state index is 12.5. The van der Waals surface area contributed by atoms with Gasteiger partial charge in [0.2, 0.25) is 15.9 Å². The van der Waals surface area contributed by atoms with E-state index in [1.807, 2.05) is 17.9 Å². The molecule has 1 aliphatic rings. The zero-order chi connectivity index (χ0) is 20.0. The number of sulfonamides is 1. The highest BCUT2D eigenvalue weighted by Gasteiger charge is 2.26. The molecule has 158 valence electrons. The summed E-state index contributed by atoms with van der Waals surface area (Å²) in [6, 6.07) is 7.05. The van der Waals surface area contributed by atoms with Crippen molar-refractivity contribution in [1.29, 1.82) is 0 Å². The van der Waals surface area contributed by atoms with Gasteiger partial charge in [-0.15, -0.1) is 24.0 Å². The molecule has 2 N–H and O–H groups in total. The molecule has 1 fully saturated rings. The van der Waals surface area contributed by atoms with Crippen LogP contribution in [-0.4, -0.2) is 69.8 Å². The molecular weight excluding hydrogens is 493 g/mol. The van der Waals surface area contributed by atoms with Gasteiger partial charge in [-0.3, -0.25) is 9.79 Å². The van der Waals surface area contributed by atoms with E-state index in [2.05, 4.69) is 15.6 Å². The Morgan fingerprint density at radius 2 is 2.00 bits per heavy atom. The molecule has 1 aromatic carbocycles. The highest BCUT2D eigenvalue weighted by atomic mass is 127. The summed E-state index contributed by atoms with van der Waals surface area (Å²) in [5.41, 5.74) is 0.670. The summed E-state index contributed by atoms with van der Waals surface area (Å²) in [6.07, 6.45) is 1.37. The van der Waals surface area contributed by atoms with Crippen LogP contribution in [0.25, 0.3) is 0 Å². The summed E-state index contributed by atoms with van der Waals surface area (Å²) in [5, 5.41) is 6.49. The number of carbonyl (C=O) groups is 1. The quantitative estimate of drug-likeness (QED) is 0.333. The zero-order valence-electron chi connectivity index (χ0n) is 16.8. The van der Waals surface area contributed by atoms with Crippen molar-refractivity contribution in [2.45, 2.75) is 37.2 Å². The van der Waals surface area contributed by atoms with E-state index in [1.165, 1.54) is 18.4 Å². The van der Waals surface area contributed by atoms with Crippen LogP contribution < -0.4 is 10.6 Å². The van der Waals surface area contributed by atoms with Crippen LogP contribution in [-0.2, 0) is 21.4 Å². The van der Waals surface area contributed by atoms with Gasteiger partial charge in [-0.2, -0.15) is 0 Å². The van der Waals surface area contributed by atoms with Gasteiger partial charge >= 0.3 is 0 Å². The lowest BCUT2D eigenvalue weighted by atomic mass is 10.2. The van der Waals surface area contributed by atoms with Gasteiger partial charge in [0.05, 0.1) is 4.90 Å². The summed E-state index contributed by atoms with van der Waals surface area (Å²) < 4.78 is 26.2. The summed E-state index contributed by atoms with van der Waals surface area (Å²) in [6.45, 7) is 3.58. The summed E-state index contributed by atoms with van der Waals surface area (Å²) in [7, 11) is 1.19. The molecule has 8 nitrogen and oxygen atoms in total. The number of nitrogens with one attached hydrogen (secondary N) is 2. The van der Waals surface area contributed by atoms with Crippen molar-refractivity contribution in [2.75, 3.05) is 34.2 Å². The minimum absolute atomic E-state index is 0. The first-order chi connectivity index (χ1) is 12.8. The number of hydrogen-bond acceptors (Lipinski definition) is 4. The molecule has 0 aliphatic carbocycles. The Bertz CT molecular complexity index is 798. The number of amides is 1. The smallest absolute Gasteiger partial charge is 0.242 e. The van der Waals surface area contributed by atoms with E-state index < -0.39 is 10.0 Å². The SMILES string of the molecule is CCC(=O)N1CCC(NC(=NC)NCc2ccccc2S(=O)(=O)N(C)C)C1.I. The van der Waals surface area contributed by atoms with E-state index in [9.17, 15) is 13.2 Å². The van der Waals surface area contributed by atoms with Crippen molar-refractivity contribution in [3.05, 3.63) is 29.8 Å². The normalized spacial score (nSPS) is 17.4. The molecule has 2 rings (SSSR count). The monoisotopic (exact) mass is 523 g/mol. The van der Waals surface area contributed by atoms with Crippen molar-refractivity contribution in [3.63, 3.8) is 0 Å². The molecule has 1 aliphatic heterocycles. The number of nitrogens with zero attached hydrogens (tertiary/aromatic N) is 3. The maximum Gasteiger partial charge on any atom is 0.242 e. The highest BCUT2D eigenvalue weighted by Crippen LogP contribution is 2.18. The van der Waals surface area contributed by atoms with Gasteiger partial charge in [-0.1, -0.05) is 25.1 Å². The van der Waals surface area contributed by atoms with E-state index in [1.54, 1.807) is 25.2 Å². The van der Waals surface area contributed by atoms with Gasteiger partial charge in [-0.05, 0) is 18.1 Å². The van der Waals surface area contributed by atoms with E-state index in [4.69, 9.17) is 0 Å². The Labute approximate surface area is 184 Å². The molecule has 10 heteroatoms. The Morgan fingerprint density at radius 1 is 1.32 bits per heavy atom. The second-order valence-corrected chi connectivity index (χ2v) is 8.76. The first kappa shape index (κ1) is 24.6. The average Bonchev–Trinajstić information content (AvgIpc) is 3.13. The van der Waals surface area contributed by atoms with Gasteiger partial charge in [0, 0.05) is 53.2 Å². The first-order valence-corrected chi connectivity index (χ1v) is 10.5. The molecule has 0 aromatic heterocycles. The van der Waals surface area contributed by atoms with Gasteiger partial charge < -0.3 is 15.5 Å². The van der Waals surface area contributed by atoms with Gasteiger partial charge in [0.15, 0.2) is 5.96 Å². The zero-order valence-corrected chi connectivity index (χ0v) is 20.0. The molecule has 0 bridgehead atoms. The Morgan fingerprint density at radius 3 is 2.61 bits per heavy atom. The number of carbonyl (C=O) groups excluding carboxylic acids is 1. The Kier molecular flexibility index (Phi) is 9.64. The maximum atomic E-state index is 12.5. The summed E-state index contributed by atoms with van der Waals surface area (Å²) in [5.74, 6) is 0.743. The fourth-order valence-corrected chi connectivity index (χ4v) is 4.11. The van der Waals surface area contributed by atoms with Crippen molar-refractivity contribution >= 4 is 45.9 Å². The highest BCUT2D eigenvalue weighted by molar-refractivity contribution is 14.0. The van der Waals surface area contributed by atoms with Gasteiger partial charge in [-0.25, -0.2) is 12.7 Å². The molecule has 0 spiro atoms. The molecule has 1 heterocycles. The first-order valence-electron chi connectivity index (χ1n) is 9.05. The lowest BCUT2D eigenvalue weighted by Gasteiger charge is -2.20. The third-order valence-corrected chi connectivity index (χ3v) is 6.50. The molecule has 0 saturated carbocycles. The fourth-order valence-electron chi connectivity index (χ4n) is 2.99. The van der Waals surface area contributed by atoms with Crippen molar-refractivity contribution in [2.24, 2.45) is 4.99 Å². The van der Waals surface area contributed by atoms with E-state index in [0.29, 0.717) is 31.0 Å². The van der Waals surface area contributed by atoms with Crippen molar-refractivity contribution in [1.82, 2.24) is 19.8 Å². The molecular formula is C18H30IN5O3S. The molecule has 1 saturated heterocycles. The number of halogens is 1.